The van der Waals surface area contributed by atoms with Gasteiger partial charge in [0.15, 0.2) is 0 Å². The molecule has 1 heterocycles. The van der Waals surface area contributed by atoms with Crippen LogP contribution in [0.5, 0.6) is 5.75 Å². The topological polar surface area (TPSA) is 124 Å². The zero-order chi connectivity index (χ0) is 22.4. The Morgan fingerprint density at radius 1 is 1.16 bits per heavy atom. The Labute approximate surface area is 180 Å². The van der Waals surface area contributed by atoms with Gasteiger partial charge in [0.2, 0.25) is 5.91 Å². The Bertz CT molecular complexity index is 1060. The second-order valence-electron chi connectivity index (χ2n) is 7.87. The molecule has 8 nitrogen and oxygen atoms in total. The van der Waals surface area contributed by atoms with E-state index in [0.29, 0.717) is 23.8 Å². The molecular formula is C23H26N4O4. The Balaban J connectivity index is 1.75. The van der Waals surface area contributed by atoms with Crippen LogP contribution in [0.2, 0.25) is 0 Å². The molecule has 2 aromatic carbocycles. The maximum atomic E-state index is 12.9. The number of imidazole rings is 1. The fourth-order valence-electron chi connectivity index (χ4n) is 3.43. The van der Waals surface area contributed by atoms with Gasteiger partial charge in [-0.05, 0) is 23.8 Å². The van der Waals surface area contributed by atoms with Crippen molar-refractivity contribution in [2.24, 2.45) is 5.92 Å². The van der Waals surface area contributed by atoms with Crippen molar-refractivity contribution in [3.63, 3.8) is 0 Å². The highest BCUT2D eigenvalue weighted by molar-refractivity contribution is 6.05. The van der Waals surface area contributed by atoms with Crippen LogP contribution in [0.3, 0.4) is 0 Å². The average Bonchev–Trinajstić information content (AvgIpc) is 3.25. The van der Waals surface area contributed by atoms with Crippen LogP contribution in [0.25, 0.3) is 10.8 Å². The third-order valence-electron chi connectivity index (χ3n) is 4.96. The summed E-state index contributed by atoms with van der Waals surface area (Å²) in [4.78, 5) is 44.0. The zero-order valence-electron chi connectivity index (χ0n) is 17.5. The Morgan fingerprint density at radius 2 is 1.94 bits per heavy atom. The van der Waals surface area contributed by atoms with Crippen LogP contribution >= 0.6 is 0 Å². The molecule has 3 rings (SSSR count). The van der Waals surface area contributed by atoms with E-state index in [4.69, 9.17) is 0 Å². The summed E-state index contributed by atoms with van der Waals surface area (Å²) >= 11 is 0. The van der Waals surface area contributed by atoms with Crippen molar-refractivity contribution >= 4 is 28.9 Å². The summed E-state index contributed by atoms with van der Waals surface area (Å²) in [6, 6.07) is 8.85. The molecule has 0 fully saturated rings. The summed E-state index contributed by atoms with van der Waals surface area (Å²) in [7, 11) is 0. The van der Waals surface area contributed by atoms with Crippen molar-refractivity contribution in [1.82, 2.24) is 20.6 Å². The number of benzene rings is 2. The van der Waals surface area contributed by atoms with Crippen LogP contribution in [0.4, 0.5) is 0 Å². The van der Waals surface area contributed by atoms with E-state index in [1.54, 1.807) is 24.4 Å². The highest BCUT2D eigenvalue weighted by Gasteiger charge is 2.26. The SMILES string of the molecule is CC(C)C[C@H](NC(=O)c1ccc2ccccc2c1O)C(=O)N[C@H](C=O)Cc1cnc[nH]1. The number of hydrogen-bond acceptors (Lipinski definition) is 5. The van der Waals surface area contributed by atoms with Crippen molar-refractivity contribution in [2.45, 2.75) is 38.8 Å². The van der Waals surface area contributed by atoms with Gasteiger partial charge < -0.3 is 25.5 Å². The monoisotopic (exact) mass is 422 g/mol. The largest absolute Gasteiger partial charge is 0.506 e. The molecule has 8 heteroatoms. The number of fused-ring (bicyclic) bond motifs is 1. The van der Waals surface area contributed by atoms with Crippen molar-refractivity contribution < 1.29 is 19.5 Å². The van der Waals surface area contributed by atoms with Gasteiger partial charge in [0.25, 0.3) is 5.91 Å². The number of nitrogens with one attached hydrogen (secondary N) is 3. The highest BCUT2D eigenvalue weighted by atomic mass is 16.3. The van der Waals surface area contributed by atoms with Crippen LogP contribution < -0.4 is 10.6 Å². The molecule has 0 unspecified atom stereocenters. The summed E-state index contributed by atoms with van der Waals surface area (Å²) in [5.74, 6) is -1.04. The van der Waals surface area contributed by atoms with Crippen LogP contribution in [0.15, 0.2) is 48.9 Å². The molecule has 0 radical (unpaired) electrons. The molecule has 0 aliphatic rings. The number of rotatable bonds is 9. The molecule has 3 aromatic rings. The average molecular weight is 422 g/mol. The fourth-order valence-corrected chi connectivity index (χ4v) is 3.43. The number of phenols is 1. The quantitative estimate of drug-likeness (QED) is 0.394. The summed E-state index contributed by atoms with van der Waals surface area (Å²) < 4.78 is 0. The predicted molar refractivity (Wildman–Crippen MR) is 117 cm³/mol. The molecule has 31 heavy (non-hydrogen) atoms. The molecule has 2 amide bonds. The lowest BCUT2D eigenvalue weighted by Gasteiger charge is -2.22. The molecule has 162 valence electrons. The minimum atomic E-state index is -0.859. The number of phenolic OH excluding ortho intramolecular Hbond substituents is 1. The number of hydrogen-bond donors (Lipinski definition) is 4. The van der Waals surface area contributed by atoms with Crippen LogP contribution in [0.1, 0.15) is 36.3 Å². The zero-order valence-corrected chi connectivity index (χ0v) is 17.5. The fraction of sp³-hybridized carbons (Fsp3) is 0.304. The van der Waals surface area contributed by atoms with Gasteiger partial charge in [-0.3, -0.25) is 9.59 Å². The number of aromatic amines is 1. The van der Waals surface area contributed by atoms with Gasteiger partial charge >= 0.3 is 0 Å². The first-order valence-electron chi connectivity index (χ1n) is 10.1. The first-order valence-corrected chi connectivity index (χ1v) is 10.1. The molecule has 0 aliphatic heterocycles. The smallest absolute Gasteiger partial charge is 0.255 e. The third-order valence-corrected chi connectivity index (χ3v) is 4.96. The lowest BCUT2D eigenvalue weighted by atomic mass is 10.0. The van der Waals surface area contributed by atoms with Gasteiger partial charge in [-0.1, -0.05) is 44.2 Å². The minimum Gasteiger partial charge on any atom is -0.506 e. The molecule has 0 bridgehead atoms. The van der Waals surface area contributed by atoms with Crippen LogP contribution in [0, 0.1) is 5.92 Å². The van der Waals surface area contributed by atoms with Crippen LogP contribution in [-0.4, -0.2) is 45.3 Å². The standard InChI is InChI=1S/C23H26N4O4/c1-14(2)9-20(23(31)26-17(12-28)10-16-11-24-13-25-16)27-22(30)19-8-7-15-5-3-4-6-18(15)21(19)29/h3-8,11-14,17,20,29H,9-10H2,1-2H3,(H,24,25)(H,26,31)(H,27,30)/t17-,20-/m0/s1. The maximum absolute atomic E-state index is 12.9. The van der Waals surface area contributed by atoms with Gasteiger partial charge in [0.05, 0.1) is 17.9 Å². The number of H-pyrrole nitrogens is 1. The van der Waals surface area contributed by atoms with Gasteiger partial charge in [-0.2, -0.15) is 0 Å². The number of carbonyl (C=O) groups is 3. The maximum Gasteiger partial charge on any atom is 0.255 e. The third kappa shape index (κ3) is 5.48. The predicted octanol–water partition coefficient (Wildman–Crippen LogP) is 2.34. The Hall–Kier alpha value is -3.68. The first kappa shape index (κ1) is 22.0. The summed E-state index contributed by atoms with van der Waals surface area (Å²) in [5, 5.41) is 17.3. The van der Waals surface area contributed by atoms with E-state index in [1.807, 2.05) is 26.0 Å². The number of aldehydes is 1. The first-order chi connectivity index (χ1) is 14.9. The number of carbonyl (C=O) groups excluding carboxylic acids is 3. The molecule has 0 saturated heterocycles. The minimum absolute atomic E-state index is 0.0876. The van der Waals surface area contributed by atoms with Crippen molar-refractivity contribution in [3.8, 4) is 5.75 Å². The van der Waals surface area contributed by atoms with E-state index < -0.39 is 23.9 Å². The molecular weight excluding hydrogens is 396 g/mol. The van der Waals surface area contributed by atoms with Crippen LogP contribution in [-0.2, 0) is 16.0 Å². The normalized spacial score (nSPS) is 13.0. The van der Waals surface area contributed by atoms with Crippen molar-refractivity contribution in [2.75, 3.05) is 0 Å². The van der Waals surface area contributed by atoms with E-state index in [-0.39, 0.29) is 23.7 Å². The van der Waals surface area contributed by atoms with E-state index in [2.05, 4.69) is 20.6 Å². The van der Waals surface area contributed by atoms with Crippen molar-refractivity contribution in [3.05, 3.63) is 60.2 Å². The second kappa shape index (κ2) is 9.88. The summed E-state index contributed by atoms with van der Waals surface area (Å²) in [6.45, 7) is 3.86. The molecule has 4 N–H and O–H groups in total. The van der Waals surface area contributed by atoms with E-state index in [9.17, 15) is 19.5 Å². The molecule has 0 aliphatic carbocycles. The van der Waals surface area contributed by atoms with E-state index in [0.717, 1.165) is 5.39 Å². The van der Waals surface area contributed by atoms with Gasteiger partial charge in [0.1, 0.15) is 18.1 Å². The molecule has 0 saturated carbocycles. The summed E-state index contributed by atoms with van der Waals surface area (Å²) in [6.07, 6.45) is 4.38. The Kier molecular flexibility index (Phi) is 7.02. The van der Waals surface area contributed by atoms with Crippen molar-refractivity contribution in [1.29, 1.82) is 0 Å². The lowest BCUT2D eigenvalue weighted by molar-refractivity contribution is -0.126. The van der Waals surface area contributed by atoms with E-state index in [1.165, 1.54) is 12.4 Å². The van der Waals surface area contributed by atoms with E-state index >= 15 is 0 Å². The van der Waals surface area contributed by atoms with Gasteiger partial charge in [0, 0.05) is 23.7 Å². The second-order valence-corrected chi connectivity index (χ2v) is 7.87. The van der Waals surface area contributed by atoms with Gasteiger partial charge in [-0.25, -0.2) is 4.98 Å². The van der Waals surface area contributed by atoms with Gasteiger partial charge in [-0.15, -0.1) is 0 Å². The highest BCUT2D eigenvalue weighted by Crippen LogP contribution is 2.28. The number of nitrogens with zero attached hydrogens (tertiary/aromatic N) is 1. The number of aromatic nitrogens is 2. The molecule has 2 atom stereocenters. The lowest BCUT2D eigenvalue weighted by Crippen LogP contribution is -2.51. The Morgan fingerprint density at radius 3 is 2.61 bits per heavy atom. The number of amides is 2. The number of aromatic hydroxyl groups is 1. The summed E-state index contributed by atoms with van der Waals surface area (Å²) in [5.41, 5.74) is 0.799. The molecule has 0 spiro atoms. The molecule has 1 aromatic heterocycles.